The van der Waals surface area contributed by atoms with Crippen molar-refractivity contribution in [3.05, 3.63) is 64.7 Å². The lowest BCUT2D eigenvalue weighted by molar-refractivity contribution is -0.135. The van der Waals surface area contributed by atoms with Gasteiger partial charge in [-0.05, 0) is 23.8 Å². The van der Waals surface area contributed by atoms with E-state index in [0.717, 1.165) is 16.8 Å². The van der Waals surface area contributed by atoms with Crippen LogP contribution >= 0.6 is 11.6 Å². The number of nitrogens with two attached hydrogens (primary N) is 1. The molecule has 124 valence electrons. The van der Waals surface area contributed by atoms with E-state index in [-0.39, 0.29) is 24.9 Å². The number of hydrogen-bond acceptors (Lipinski definition) is 3. The number of carbonyl (C=O) groups excluding carboxylic acids is 2. The molecule has 0 spiro atoms. The molecule has 0 radical (unpaired) electrons. The first-order valence-corrected chi connectivity index (χ1v) is 8.01. The number of likely N-dealkylation sites (N-methyl/N-ethyl adjacent to an activating group) is 1. The van der Waals surface area contributed by atoms with Gasteiger partial charge in [0.25, 0.3) is 0 Å². The molecule has 24 heavy (non-hydrogen) atoms. The third-order valence-electron chi connectivity index (χ3n) is 4.25. The minimum absolute atomic E-state index is 0.0294. The first-order chi connectivity index (χ1) is 11.5. The molecule has 3 rings (SSSR count). The van der Waals surface area contributed by atoms with Crippen LogP contribution in [0.4, 0.5) is 5.69 Å². The summed E-state index contributed by atoms with van der Waals surface area (Å²) in [5.74, 6) is -0.447. The van der Waals surface area contributed by atoms with Crippen molar-refractivity contribution < 1.29 is 9.59 Å². The standard InChI is InChI=1S/C18H18ClN3O2/c1-21-15-8-7-13(19)9-14(15)18(12-5-3-2-4-6-12)22(11-17(21)24)16(23)10-20/h2-9,18H,10-11,20H2,1H3. The van der Waals surface area contributed by atoms with Gasteiger partial charge in [0.05, 0.1) is 12.6 Å². The van der Waals surface area contributed by atoms with Gasteiger partial charge in [-0.3, -0.25) is 9.59 Å². The second kappa shape index (κ2) is 6.63. The van der Waals surface area contributed by atoms with Gasteiger partial charge in [0, 0.05) is 23.3 Å². The number of fused-ring (bicyclic) bond motifs is 1. The summed E-state index contributed by atoms with van der Waals surface area (Å²) in [4.78, 5) is 28.1. The lowest BCUT2D eigenvalue weighted by Crippen LogP contribution is -2.43. The topological polar surface area (TPSA) is 66.6 Å². The van der Waals surface area contributed by atoms with Crippen molar-refractivity contribution in [1.82, 2.24) is 4.90 Å². The highest BCUT2D eigenvalue weighted by molar-refractivity contribution is 6.30. The zero-order chi connectivity index (χ0) is 17.3. The molecule has 0 saturated carbocycles. The molecule has 0 saturated heterocycles. The predicted octanol–water partition coefficient (Wildman–Crippen LogP) is 2.19. The number of benzene rings is 2. The molecule has 0 fully saturated rings. The molecule has 2 N–H and O–H groups in total. The Kier molecular flexibility index (Phi) is 4.55. The fourth-order valence-corrected chi connectivity index (χ4v) is 3.22. The van der Waals surface area contributed by atoms with Gasteiger partial charge in [0.15, 0.2) is 0 Å². The van der Waals surface area contributed by atoms with Crippen LogP contribution in [0, 0.1) is 0 Å². The van der Waals surface area contributed by atoms with Crippen molar-refractivity contribution in [2.45, 2.75) is 6.04 Å². The number of nitrogens with zero attached hydrogens (tertiary/aromatic N) is 2. The summed E-state index contributed by atoms with van der Waals surface area (Å²) in [6.07, 6.45) is 0. The predicted molar refractivity (Wildman–Crippen MR) is 93.9 cm³/mol. The van der Waals surface area contributed by atoms with E-state index in [1.165, 1.54) is 4.90 Å². The van der Waals surface area contributed by atoms with Gasteiger partial charge in [0.2, 0.25) is 11.8 Å². The molecule has 1 atom stereocenters. The van der Waals surface area contributed by atoms with Crippen LogP contribution in [0.25, 0.3) is 0 Å². The van der Waals surface area contributed by atoms with Gasteiger partial charge >= 0.3 is 0 Å². The summed E-state index contributed by atoms with van der Waals surface area (Å²) in [6.45, 7) is -0.186. The van der Waals surface area contributed by atoms with Gasteiger partial charge in [0.1, 0.15) is 6.54 Å². The Balaban J connectivity index is 2.25. The molecule has 1 aliphatic heterocycles. The van der Waals surface area contributed by atoms with E-state index >= 15 is 0 Å². The van der Waals surface area contributed by atoms with Crippen molar-refractivity contribution in [3.8, 4) is 0 Å². The summed E-state index contributed by atoms with van der Waals surface area (Å²) in [6, 6.07) is 14.5. The number of carbonyl (C=O) groups is 2. The van der Waals surface area contributed by atoms with Crippen molar-refractivity contribution in [3.63, 3.8) is 0 Å². The Morgan fingerprint density at radius 2 is 1.96 bits per heavy atom. The molecule has 6 heteroatoms. The third-order valence-corrected chi connectivity index (χ3v) is 4.48. The molecule has 2 amide bonds. The molecule has 5 nitrogen and oxygen atoms in total. The molecular formula is C18H18ClN3O2. The monoisotopic (exact) mass is 343 g/mol. The average molecular weight is 344 g/mol. The lowest BCUT2D eigenvalue weighted by atomic mass is 9.95. The van der Waals surface area contributed by atoms with Gasteiger partial charge < -0.3 is 15.5 Å². The first kappa shape index (κ1) is 16.5. The fraction of sp³-hybridized carbons (Fsp3) is 0.222. The molecule has 2 aromatic rings. The smallest absolute Gasteiger partial charge is 0.246 e. The van der Waals surface area contributed by atoms with Crippen molar-refractivity contribution in [2.24, 2.45) is 5.73 Å². The van der Waals surface area contributed by atoms with Crippen LogP contribution in [0.3, 0.4) is 0 Å². The van der Waals surface area contributed by atoms with E-state index in [9.17, 15) is 9.59 Å². The highest BCUT2D eigenvalue weighted by atomic mass is 35.5. The maximum atomic E-state index is 12.5. The molecule has 0 aromatic heterocycles. The first-order valence-electron chi connectivity index (χ1n) is 7.63. The van der Waals surface area contributed by atoms with Crippen LogP contribution in [0.1, 0.15) is 17.2 Å². The van der Waals surface area contributed by atoms with E-state index in [4.69, 9.17) is 17.3 Å². The maximum absolute atomic E-state index is 12.5. The van der Waals surface area contributed by atoms with Gasteiger partial charge in [-0.2, -0.15) is 0 Å². The van der Waals surface area contributed by atoms with E-state index in [1.807, 2.05) is 36.4 Å². The Labute approximate surface area is 145 Å². The van der Waals surface area contributed by atoms with Gasteiger partial charge in [-0.25, -0.2) is 0 Å². The summed E-state index contributed by atoms with van der Waals surface area (Å²) < 4.78 is 0. The molecule has 0 aliphatic carbocycles. The van der Waals surface area contributed by atoms with Crippen LogP contribution in [-0.2, 0) is 9.59 Å². The average Bonchev–Trinajstić information content (AvgIpc) is 2.70. The highest BCUT2D eigenvalue weighted by Crippen LogP contribution is 2.38. The molecule has 2 aromatic carbocycles. The lowest BCUT2D eigenvalue weighted by Gasteiger charge is -2.30. The highest BCUT2D eigenvalue weighted by Gasteiger charge is 2.35. The van der Waals surface area contributed by atoms with Crippen molar-refractivity contribution in [1.29, 1.82) is 0 Å². The Morgan fingerprint density at radius 3 is 2.62 bits per heavy atom. The van der Waals surface area contributed by atoms with Crippen LogP contribution in [-0.4, -0.2) is 36.9 Å². The van der Waals surface area contributed by atoms with Crippen LogP contribution < -0.4 is 10.6 Å². The molecule has 1 heterocycles. The number of hydrogen-bond donors (Lipinski definition) is 1. The second-order valence-corrected chi connectivity index (χ2v) is 6.13. The summed E-state index contributed by atoms with van der Waals surface area (Å²) in [5.41, 5.74) is 8.04. The van der Waals surface area contributed by atoms with E-state index in [0.29, 0.717) is 5.02 Å². The minimum atomic E-state index is -0.412. The second-order valence-electron chi connectivity index (χ2n) is 5.69. The van der Waals surface area contributed by atoms with E-state index in [1.54, 1.807) is 24.1 Å². The largest absolute Gasteiger partial charge is 0.322 e. The Morgan fingerprint density at radius 1 is 1.25 bits per heavy atom. The minimum Gasteiger partial charge on any atom is -0.322 e. The van der Waals surface area contributed by atoms with Gasteiger partial charge in [-0.15, -0.1) is 0 Å². The Bertz CT molecular complexity index is 779. The number of anilines is 1. The number of amides is 2. The molecule has 0 bridgehead atoms. The van der Waals surface area contributed by atoms with E-state index < -0.39 is 6.04 Å². The zero-order valence-electron chi connectivity index (χ0n) is 13.3. The summed E-state index contributed by atoms with van der Waals surface area (Å²) in [5, 5.41) is 0.553. The van der Waals surface area contributed by atoms with Crippen LogP contribution in [0.5, 0.6) is 0 Å². The Hall–Kier alpha value is -2.37. The zero-order valence-corrected chi connectivity index (χ0v) is 14.0. The maximum Gasteiger partial charge on any atom is 0.246 e. The summed E-state index contributed by atoms with van der Waals surface area (Å²) >= 11 is 6.20. The number of halogens is 1. The number of rotatable bonds is 2. The quantitative estimate of drug-likeness (QED) is 0.909. The van der Waals surface area contributed by atoms with Gasteiger partial charge in [-0.1, -0.05) is 41.9 Å². The van der Waals surface area contributed by atoms with Crippen molar-refractivity contribution >= 4 is 29.1 Å². The van der Waals surface area contributed by atoms with Crippen molar-refractivity contribution in [2.75, 3.05) is 25.0 Å². The molecule has 1 aliphatic rings. The fourth-order valence-electron chi connectivity index (χ4n) is 3.04. The van der Waals surface area contributed by atoms with Crippen LogP contribution in [0.2, 0.25) is 5.02 Å². The van der Waals surface area contributed by atoms with Crippen LogP contribution in [0.15, 0.2) is 48.5 Å². The van der Waals surface area contributed by atoms with E-state index in [2.05, 4.69) is 0 Å². The SMILES string of the molecule is CN1C(=O)CN(C(=O)CN)C(c2ccccc2)c2cc(Cl)ccc21. The molecule has 1 unspecified atom stereocenters. The molecular weight excluding hydrogens is 326 g/mol. The third kappa shape index (κ3) is 2.88. The summed E-state index contributed by atoms with van der Waals surface area (Å²) in [7, 11) is 1.70. The normalized spacial score (nSPS) is 17.5.